The van der Waals surface area contributed by atoms with Crippen molar-refractivity contribution in [3.63, 3.8) is 0 Å². The SMILES string of the molecule is O=C(OCc1ccc(C(F)(F)F)cc1)C(F)(F)F. The fourth-order valence-electron chi connectivity index (χ4n) is 1.02. The van der Waals surface area contributed by atoms with Crippen LogP contribution in [0.5, 0.6) is 0 Å². The average molecular weight is 272 g/mol. The first kappa shape index (κ1) is 14.3. The van der Waals surface area contributed by atoms with Crippen LogP contribution in [0.3, 0.4) is 0 Å². The zero-order chi connectivity index (χ0) is 14.0. The molecule has 0 saturated heterocycles. The van der Waals surface area contributed by atoms with Gasteiger partial charge in [0.05, 0.1) is 5.56 Å². The molecule has 0 aromatic heterocycles. The van der Waals surface area contributed by atoms with Crippen LogP contribution in [-0.2, 0) is 22.3 Å². The van der Waals surface area contributed by atoms with Crippen molar-refractivity contribution in [3.8, 4) is 0 Å². The largest absolute Gasteiger partial charge is 0.490 e. The van der Waals surface area contributed by atoms with E-state index in [-0.39, 0.29) is 5.56 Å². The monoisotopic (exact) mass is 272 g/mol. The number of halogens is 6. The topological polar surface area (TPSA) is 26.3 Å². The molecule has 0 atom stereocenters. The van der Waals surface area contributed by atoms with Gasteiger partial charge in [0.2, 0.25) is 0 Å². The third-order valence-electron chi connectivity index (χ3n) is 1.88. The number of hydrogen-bond acceptors (Lipinski definition) is 2. The minimum Gasteiger partial charge on any atom is -0.454 e. The molecule has 1 aromatic rings. The van der Waals surface area contributed by atoms with E-state index in [9.17, 15) is 31.1 Å². The van der Waals surface area contributed by atoms with Crippen molar-refractivity contribution >= 4 is 5.97 Å². The van der Waals surface area contributed by atoms with Crippen LogP contribution < -0.4 is 0 Å². The van der Waals surface area contributed by atoms with E-state index in [0.29, 0.717) is 12.1 Å². The van der Waals surface area contributed by atoms with Gasteiger partial charge in [0.15, 0.2) is 0 Å². The summed E-state index contributed by atoms with van der Waals surface area (Å²) in [6.07, 6.45) is -9.65. The average Bonchev–Trinajstić information content (AvgIpc) is 2.24. The molecule has 0 unspecified atom stereocenters. The Morgan fingerprint density at radius 1 is 1.00 bits per heavy atom. The van der Waals surface area contributed by atoms with Gasteiger partial charge >= 0.3 is 18.3 Å². The van der Waals surface area contributed by atoms with E-state index in [1.807, 2.05) is 0 Å². The van der Waals surface area contributed by atoms with Gasteiger partial charge in [-0.2, -0.15) is 26.3 Å². The van der Waals surface area contributed by atoms with Gasteiger partial charge in [-0.05, 0) is 17.7 Å². The van der Waals surface area contributed by atoms with Crippen molar-refractivity contribution in [2.75, 3.05) is 0 Å². The third kappa shape index (κ3) is 3.94. The summed E-state index contributed by atoms with van der Waals surface area (Å²) in [5.41, 5.74) is -0.908. The standard InChI is InChI=1S/C10H6F6O2/c11-9(12,13)7-3-1-6(2-4-7)5-18-8(17)10(14,15)16/h1-4H,5H2. The van der Waals surface area contributed by atoms with Crippen LogP contribution in [0.2, 0.25) is 0 Å². The number of alkyl halides is 6. The first-order valence-corrected chi connectivity index (χ1v) is 4.51. The van der Waals surface area contributed by atoms with Gasteiger partial charge in [-0.1, -0.05) is 12.1 Å². The number of carbonyl (C=O) groups is 1. The minimum absolute atomic E-state index is 0.0283. The summed E-state index contributed by atoms with van der Waals surface area (Å²) in [6.45, 7) is -0.740. The summed E-state index contributed by atoms with van der Waals surface area (Å²) < 4.78 is 75.6. The normalized spacial score (nSPS) is 12.3. The quantitative estimate of drug-likeness (QED) is 0.610. The summed E-state index contributed by atoms with van der Waals surface area (Å²) in [7, 11) is 0. The predicted molar refractivity (Wildman–Crippen MR) is 47.3 cm³/mol. The fourth-order valence-corrected chi connectivity index (χ4v) is 1.02. The van der Waals surface area contributed by atoms with E-state index < -0.39 is 30.5 Å². The van der Waals surface area contributed by atoms with Crippen molar-refractivity contribution in [1.29, 1.82) is 0 Å². The summed E-state index contributed by atoms with van der Waals surface area (Å²) in [4.78, 5) is 10.3. The van der Waals surface area contributed by atoms with Crippen LogP contribution in [0.15, 0.2) is 24.3 Å². The Labute approximate surface area is 97.2 Å². The Morgan fingerprint density at radius 2 is 1.50 bits per heavy atom. The van der Waals surface area contributed by atoms with E-state index in [1.54, 1.807) is 0 Å². The highest BCUT2D eigenvalue weighted by molar-refractivity contribution is 5.75. The van der Waals surface area contributed by atoms with E-state index in [4.69, 9.17) is 0 Å². The molecule has 0 aliphatic heterocycles. The third-order valence-corrected chi connectivity index (χ3v) is 1.88. The van der Waals surface area contributed by atoms with Gasteiger partial charge in [0.1, 0.15) is 6.61 Å². The van der Waals surface area contributed by atoms with Crippen molar-refractivity contribution in [3.05, 3.63) is 35.4 Å². The molecule has 0 N–H and O–H groups in total. The molecular weight excluding hydrogens is 266 g/mol. The molecule has 0 heterocycles. The lowest BCUT2D eigenvalue weighted by Gasteiger charge is -2.09. The van der Waals surface area contributed by atoms with Crippen LogP contribution in [0, 0.1) is 0 Å². The summed E-state index contributed by atoms with van der Waals surface area (Å²) >= 11 is 0. The molecule has 0 amide bonds. The molecule has 0 fully saturated rings. The second-order valence-electron chi connectivity index (χ2n) is 3.27. The maximum absolute atomic E-state index is 12.2. The Morgan fingerprint density at radius 3 is 1.89 bits per heavy atom. The number of ether oxygens (including phenoxy) is 1. The number of esters is 1. The predicted octanol–water partition coefficient (Wildman–Crippen LogP) is 3.31. The first-order valence-electron chi connectivity index (χ1n) is 4.51. The highest BCUT2D eigenvalue weighted by Gasteiger charge is 2.40. The highest BCUT2D eigenvalue weighted by atomic mass is 19.4. The number of benzene rings is 1. The zero-order valence-corrected chi connectivity index (χ0v) is 8.60. The van der Waals surface area contributed by atoms with Gasteiger partial charge in [-0.25, -0.2) is 4.79 Å². The van der Waals surface area contributed by atoms with Gasteiger partial charge in [0, 0.05) is 0 Å². The Balaban J connectivity index is 2.63. The van der Waals surface area contributed by atoms with Crippen LogP contribution in [0.1, 0.15) is 11.1 Å². The van der Waals surface area contributed by atoms with Crippen molar-refractivity contribution in [1.82, 2.24) is 0 Å². The first-order chi connectivity index (χ1) is 8.10. The van der Waals surface area contributed by atoms with Gasteiger partial charge in [0.25, 0.3) is 0 Å². The summed E-state index contributed by atoms with van der Waals surface area (Å²) in [5.74, 6) is -2.39. The van der Waals surface area contributed by atoms with Crippen LogP contribution in [0.25, 0.3) is 0 Å². The lowest BCUT2D eigenvalue weighted by molar-refractivity contribution is -0.201. The second kappa shape index (κ2) is 4.87. The minimum atomic E-state index is -5.12. The lowest BCUT2D eigenvalue weighted by atomic mass is 10.1. The smallest absolute Gasteiger partial charge is 0.454 e. The zero-order valence-electron chi connectivity index (χ0n) is 8.60. The molecule has 1 rings (SSSR count). The molecule has 2 nitrogen and oxygen atoms in total. The highest BCUT2D eigenvalue weighted by Crippen LogP contribution is 2.29. The molecule has 8 heteroatoms. The number of rotatable bonds is 2. The molecule has 0 radical (unpaired) electrons. The molecule has 0 saturated carbocycles. The maximum Gasteiger partial charge on any atom is 0.490 e. The van der Waals surface area contributed by atoms with Crippen molar-refractivity contribution < 1.29 is 35.9 Å². The second-order valence-corrected chi connectivity index (χ2v) is 3.27. The lowest BCUT2D eigenvalue weighted by Crippen LogP contribution is -2.25. The summed E-state index contributed by atoms with van der Waals surface area (Å²) in [5, 5.41) is 0. The van der Waals surface area contributed by atoms with Gasteiger partial charge in [-0.15, -0.1) is 0 Å². The Bertz CT molecular complexity index is 417. The fraction of sp³-hybridized carbons (Fsp3) is 0.300. The van der Waals surface area contributed by atoms with Crippen molar-refractivity contribution in [2.24, 2.45) is 0 Å². The maximum atomic E-state index is 12.2. The van der Waals surface area contributed by atoms with Crippen molar-refractivity contribution in [2.45, 2.75) is 19.0 Å². The van der Waals surface area contributed by atoms with Crippen LogP contribution in [-0.4, -0.2) is 12.1 Å². The van der Waals surface area contributed by atoms with E-state index in [2.05, 4.69) is 4.74 Å². The van der Waals surface area contributed by atoms with Gasteiger partial charge in [-0.3, -0.25) is 0 Å². The number of carbonyl (C=O) groups excluding carboxylic acids is 1. The van der Waals surface area contributed by atoms with E-state index in [1.165, 1.54) is 0 Å². The van der Waals surface area contributed by atoms with Gasteiger partial charge < -0.3 is 4.74 Å². The molecular formula is C10H6F6O2. The molecule has 0 aliphatic rings. The number of hydrogen-bond donors (Lipinski definition) is 0. The molecule has 0 aliphatic carbocycles. The van der Waals surface area contributed by atoms with E-state index in [0.717, 1.165) is 12.1 Å². The van der Waals surface area contributed by atoms with E-state index >= 15 is 0 Å². The molecule has 0 spiro atoms. The van der Waals surface area contributed by atoms with Crippen LogP contribution >= 0.6 is 0 Å². The molecule has 18 heavy (non-hydrogen) atoms. The molecule has 1 aromatic carbocycles. The molecule has 0 bridgehead atoms. The Hall–Kier alpha value is -1.73. The van der Waals surface area contributed by atoms with Crippen LogP contribution in [0.4, 0.5) is 26.3 Å². The summed E-state index contributed by atoms with van der Waals surface area (Å²) in [6, 6.07) is 3.26. The molecule has 100 valence electrons. The Kier molecular flexibility index (Phi) is 3.88.